The number of rotatable bonds is 3. The van der Waals surface area contributed by atoms with Crippen molar-refractivity contribution < 1.29 is 19.1 Å². The summed E-state index contributed by atoms with van der Waals surface area (Å²) in [6.07, 6.45) is 0. The highest BCUT2D eigenvalue weighted by Gasteiger charge is 2.26. The average Bonchev–Trinajstić information content (AvgIpc) is 2.36. The Morgan fingerprint density at radius 1 is 1.05 bits per heavy atom. The zero-order valence-electron chi connectivity index (χ0n) is 11.2. The Bertz CT molecular complexity index is 716. The van der Waals surface area contributed by atoms with E-state index < -0.39 is 7.60 Å². The highest BCUT2D eigenvalue weighted by atomic mass is 31.2. The van der Waals surface area contributed by atoms with Crippen LogP contribution in [0.2, 0.25) is 0 Å². The molecule has 0 spiro atoms. The number of hydrogen-bond donors (Lipinski definition) is 2. The minimum Gasteiger partial charge on any atom is -0.321 e. The molecule has 4 nitrogen and oxygen atoms in total. The third-order valence-electron chi connectivity index (χ3n) is 3.07. The molecule has 0 fully saturated rings. The quantitative estimate of drug-likeness (QED) is 0.672. The molecule has 0 saturated carbocycles. The fourth-order valence-electron chi connectivity index (χ4n) is 2.12. The first-order valence-electron chi connectivity index (χ1n) is 6.08. The maximum absolute atomic E-state index is 12.5. The number of hydrogen-bond acceptors (Lipinski definition) is 2. The van der Waals surface area contributed by atoms with Gasteiger partial charge in [-0.1, -0.05) is 35.9 Å². The Morgan fingerprint density at radius 3 is 2.30 bits per heavy atom. The molecular formula is C15H15O4P. The van der Waals surface area contributed by atoms with E-state index in [2.05, 4.69) is 0 Å². The van der Waals surface area contributed by atoms with Crippen LogP contribution in [0, 0.1) is 13.8 Å². The zero-order valence-corrected chi connectivity index (χ0v) is 12.1. The lowest BCUT2D eigenvalue weighted by atomic mass is 9.98. The van der Waals surface area contributed by atoms with Crippen molar-refractivity contribution in [2.75, 3.05) is 0 Å². The highest BCUT2D eigenvalue weighted by Crippen LogP contribution is 2.36. The van der Waals surface area contributed by atoms with Gasteiger partial charge in [0.05, 0.1) is 5.30 Å². The maximum Gasteiger partial charge on any atom is 0.356 e. The van der Waals surface area contributed by atoms with Gasteiger partial charge in [-0.3, -0.25) is 9.36 Å². The van der Waals surface area contributed by atoms with E-state index in [1.54, 1.807) is 31.2 Å². The van der Waals surface area contributed by atoms with E-state index in [0.717, 1.165) is 5.56 Å². The summed E-state index contributed by atoms with van der Waals surface area (Å²) in [5, 5.41) is -0.219. The molecule has 0 aliphatic rings. The molecule has 0 heterocycles. The molecule has 2 aromatic rings. The monoisotopic (exact) mass is 290 g/mol. The van der Waals surface area contributed by atoms with Gasteiger partial charge in [-0.15, -0.1) is 0 Å². The normalized spacial score (nSPS) is 11.4. The second-order valence-electron chi connectivity index (χ2n) is 4.71. The molecular weight excluding hydrogens is 275 g/mol. The zero-order chi connectivity index (χ0) is 14.9. The van der Waals surface area contributed by atoms with E-state index in [0.29, 0.717) is 11.1 Å². The van der Waals surface area contributed by atoms with E-state index in [9.17, 15) is 19.1 Å². The third kappa shape index (κ3) is 2.88. The lowest BCUT2D eigenvalue weighted by Crippen LogP contribution is -2.18. The molecule has 0 aromatic heterocycles. The summed E-state index contributed by atoms with van der Waals surface area (Å²) in [5.74, 6) is -0.370. The molecule has 2 N–H and O–H groups in total. The van der Waals surface area contributed by atoms with E-state index in [1.807, 2.05) is 13.0 Å². The Hall–Kier alpha value is -1.74. The molecule has 0 radical (unpaired) electrons. The van der Waals surface area contributed by atoms with Crippen LogP contribution in [0.25, 0.3) is 0 Å². The Balaban J connectivity index is 2.64. The van der Waals surface area contributed by atoms with Gasteiger partial charge in [0.2, 0.25) is 0 Å². The Labute approximate surface area is 117 Å². The Kier molecular flexibility index (Phi) is 3.91. The third-order valence-corrected chi connectivity index (χ3v) is 4.07. The minimum absolute atomic E-state index is 0.0893. The van der Waals surface area contributed by atoms with Crippen LogP contribution in [0.1, 0.15) is 27.0 Å². The predicted molar refractivity (Wildman–Crippen MR) is 77.5 cm³/mol. The van der Waals surface area contributed by atoms with Crippen molar-refractivity contribution in [3.05, 3.63) is 64.7 Å². The predicted octanol–water partition coefficient (Wildman–Crippen LogP) is 2.34. The second-order valence-corrected chi connectivity index (χ2v) is 6.28. The van der Waals surface area contributed by atoms with E-state index in [1.165, 1.54) is 12.1 Å². The van der Waals surface area contributed by atoms with Crippen LogP contribution in [0.3, 0.4) is 0 Å². The van der Waals surface area contributed by atoms with Gasteiger partial charge < -0.3 is 9.79 Å². The minimum atomic E-state index is -4.49. The molecule has 20 heavy (non-hydrogen) atoms. The fraction of sp³-hybridized carbons (Fsp3) is 0.133. The van der Waals surface area contributed by atoms with E-state index >= 15 is 0 Å². The molecule has 0 bridgehead atoms. The van der Waals surface area contributed by atoms with Crippen molar-refractivity contribution >= 4 is 18.7 Å². The van der Waals surface area contributed by atoms with Gasteiger partial charge in [-0.25, -0.2) is 0 Å². The van der Waals surface area contributed by atoms with Crippen LogP contribution in [-0.2, 0) is 4.57 Å². The van der Waals surface area contributed by atoms with Gasteiger partial charge in [0.15, 0.2) is 5.78 Å². The molecule has 2 aromatic carbocycles. The van der Waals surface area contributed by atoms with Crippen LogP contribution < -0.4 is 5.30 Å². The number of aryl methyl sites for hydroxylation is 2. The molecule has 0 amide bonds. The first-order valence-corrected chi connectivity index (χ1v) is 7.69. The first kappa shape index (κ1) is 14.7. The largest absolute Gasteiger partial charge is 0.356 e. The van der Waals surface area contributed by atoms with Gasteiger partial charge in [-0.05, 0) is 31.5 Å². The number of ketones is 1. The molecule has 5 heteroatoms. The summed E-state index contributed by atoms with van der Waals surface area (Å²) >= 11 is 0. The second kappa shape index (κ2) is 5.33. The topological polar surface area (TPSA) is 74.6 Å². The van der Waals surface area contributed by atoms with Crippen LogP contribution in [0.4, 0.5) is 0 Å². The Morgan fingerprint density at radius 2 is 1.70 bits per heavy atom. The van der Waals surface area contributed by atoms with Crippen molar-refractivity contribution in [1.29, 1.82) is 0 Å². The smallest absolute Gasteiger partial charge is 0.321 e. The van der Waals surface area contributed by atoms with Crippen LogP contribution in [0.15, 0.2) is 42.5 Å². The van der Waals surface area contributed by atoms with Crippen molar-refractivity contribution in [1.82, 2.24) is 0 Å². The molecule has 0 unspecified atom stereocenters. The van der Waals surface area contributed by atoms with Gasteiger partial charge >= 0.3 is 7.60 Å². The van der Waals surface area contributed by atoms with Crippen molar-refractivity contribution in [3.8, 4) is 0 Å². The molecule has 0 aliphatic carbocycles. The van der Waals surface area contributed by atoms with E-state index in [4.69, 9.17) is 0 Å². The fourth-order valence-corrected chi connectivity index (χ4v) is 2.97. The average molecular weight is 290 g/mol. The molecule has 0 atom stereocenters. The van der Waals surface area contributed by atoms with Gasteiger partial charge in [0.1, 0.15) is 0 Å². The standard InChI is InChI=1S/C15H15O4P/c1-10-5-3-7-12(9-10)15(16)14-11(2)6-4-8-13(14)20(17,18)19/h3-9H,1-2H3,(H2,17,18,19). The maximum atomic E-state index is 12.5. The summed E-state index contributed by atoms with van der Waals surface area (Å²) in [7, 11) is -4.49. The molecule has 104 valence electrons. The number of carbonyl (C=O) groups is 1. The SMILES string of the molecule is Cc1cccc(C(=O)c2c(C)cccc2P(=O)(O)O)c1. The number of carbonyl (C=O) groups excluding carboxylic acids is 1. The van der Waals surface area contributed by atoms with Gasteiger partial charge in [-0.2, -0.15) is 0 Å². The van der Waals surface area contributed by atoms with Crippen molar-refractivity contribution in [3.63, 3.8) is 0 Å². The van der Waals surface area contributed by atoms with Crippen LogP contribution in [0.5, 0.6) is 0 Å². The van der Waals surface area contributed by atoms with E-state index in [-0.39, 0.29) is 16.7 Å². The van der Waals surface area contributed by atoms with Gasteiger partial charge in [0, 0.05) is 11.1 Å². The summed E-state index contributed by atoms with van der Waals surface area (Å²) in [6.45, 7) is 3.53. The summed E-state index contributed by atoms with van der Waals surface area (Å²) in [6, 6.07) is 11.5. The highest BCUT2D eigenvalue weighted by molar-refractivity contribution is 7.60. The van der Waals surface area contributed by atoms with Crippen LogP contribution in [-0.4, -0.2) is 15.6 Å². The summed E-state index contributed by atoms with van der Waals surface area (Å²) < 4.78 is 11.6. The lowest BCUT2D eigenvalue weighted by molar-refractivity contribution is 0.103. The van der Waals surface area contributed by atoms with Crippen molar-refractivity contribution in [2.24, 2.45) is 0 Å². The summed E-state index contributed by atoms with van der Waals surface area (Å²) in [4.78, 5) is 31.4. The van der Waals surface area contributed by atoms with Crippen LogP contribution >= 0.6 is 7.60 Å². The lowest BCUT2D eigenvalue weighted by Gasteiger charge is -2.13. The number of benzene rings is 2. The molecule has 0 aliphatic heterocycles. The van der Waals surface area contributed by atoms with Gasteiger partial charge in [0.25, 0.3) is 0 Å². The summed E-state index contributed by atoms with van der Waals surface area (Å²) in [5.41, 5.74) is 1.99. The first-order chi connectivity index (χ1) is 9.30. The van der Waals surface area contributed by atoms with Crippen molar-refractivity contribution in [2.45, 2.75) is 13.8 Å². The molecule has 0 saturated heterocycles. The molecule has 2 rings (SSSR count).